The van der Waals surface area contributed by atoms with E-state index in [1.165, 1.54) is 5.56 Å². The molecule has 0 aliphatic carbocycles. The topological polar surface area (TPSA) is 50.2 Å². The largest absolute Gasteiger partial charge is 0.322 e. The van der Waals surface area contributed by atoms with Gasteiger partial charge in [0, 0.05) is 18.5 Å². The second kappa shape index (κ2) is 7.50. The highest BCUT2D eigenvalue weighted by atomic mass is 16.2. The number of benzene rings is 2. The van der Waals surface area contributed by atoms with Crippen molar-refractivity contribution in [3.63, 3.8) is 0 Å². The maximum atomic E-state index is 13.0. The summed E-state index contributed by atoms with van der Waals surface area (Å²) in [6.45, 7) is 6.82. The second-order valence-electron chi connectivity index (χ2n) is 7.46. The monoisotopic (exact) mass is 374 g/mol. The van der Waals surface area contributed by atoms with Crippen molar-refractivity contribution in [1.82, 2.24) is 14.7 Å². The summed E-state index contributed by atoms with van der Waals surface area (Å²) in [7, 11) is 0. The Morgan fingerprint density at radius 1 is 1.04 bits per heavy atom. The SMILES string of the molecule is Cc1nn(-c2ccccc2)c(C)c1NC(=O)N1CCC(c2ccccc2)C1C. The van der Waals surface area contributed by atoms with Crippen LogP contribution in [0.5, 0.6) is 0 Å². The molecule has 0 saturated carbocycles. The molecule has 144 valence electrons. The number of aromatic nitrogens is 2. The van der Waals surface area contributed by atoms with Gasteiger partial charge in [-0.05, 0) is 44.9 Å². The van der Waals surface area contributed by atoms with Gasteiger partial charge in [-0.15, -0.1) is 0 Å². The molecule has 1 aliphatic rings. The van der Waals surface area contributed by atoms with E-state index in [0.29, 0.717) is 5.92 Å². The van der Waals surface area contributed by atoms with E-state index >= 15 is 0 Å². The molecule has 2 amide bonds. The summed E-state index contributed by atoms with van der Waals surface area (Å²) in [6.07, 6.45) is 0.986. The van der Waals surface area contributed by atoms with Crippen molar-refractivity contribution >= 4 is 11.7 Å². The first kappa shape index (κ1) is 18.3. The lowest BCUT2D eigenvalue weighted by atomic mass is 9.93. The molecule has 0 bridgehead atoms. The Bertz CT molecular complexity index is 965. The summed E-state index contributed by atoms with van der Waals surface area (Å²) in [5.74, 6) is 0.376. The molecule has 2 atom stereocenters. The van der Waals surface area contributed by atoms with Crippen molar-refractivity contribution in [2.75, 3.05) is 11.9 Å². The van der Waals surface area contributed by atoms with Crippen molar-refractivity contribution in [2.45, 2.75) is 39.2 Å². The van der Waals surface area contributed by atoms with Crippen LogP contribution < -0.4 is 5.32 Å². The lowest BCUT2D eigenvalue weighted by molar-refractivity contribution is 0.208. The van der Waals surface area contributed by atoms with Crippen LogP contribution in [0, 0.1) is 13.8 Å². The summed E-state index contributed by atoms with van der Waals surface area (Å²) >= 11 is 0. The van der Waals surface area contributed by atoms with E-state index < -0.39 is 0 Å². The zero-order valence-electron chi connectivity index (χ0n) is 16.6. The molecule has 5 nitrogen and oxygen atoms in total. The smallest absolute Gasteiger partial charge is 0.321 e. The Balaban J connectivity index is 1.52. The maximum absolute atomic E-state index is 13.0. The predicted molar refractivity (Wildman–Crippen MR) is 112 cm³/mol. The highest BCUT2D eigenvalue weighted by Crippen LogP contribution is 2.34. The molecule has 1 aliphatic heterocycles. The molecule has 28 heavy (non-hydrogen) atoms. The van der Waals surface area contributed by atoms with Crippen molar-refractivity contribution in [3.05, 3.63) is 77.6 Å². The minimum Gasteiger partial charge on any atom is -0.321 e. The Morgan fingerprint density at radius 3 is 2.36 bits per heavy atom. The number of para-hydroxylation sites is 1. The molecule has 2 aromatic carbocycles. The van der Waals surface area contributed by atoms with E-state index in [1.807, 2.05) is 59.8 Å². The van der Waals surface area contributed by atoms with E-state index in [9.17, 15) is 4.79 Å². The van der Waals surface area contributed by atoms with Crippen LogP contribution in [0.4, 0.5) is 10.5 Å². The van der Waals surface area contributed by atoms with E-state index in [-0.39, 0.29) is 12.1 Å². The molecular weight excluding hydrogens is 348 g/mol. The third-order valence-electron chi connectivity index (χ3n) is 5.77. The van der Waals surface area contributed by atoms with Gasteiger partial charge in [-0.1, -0.05) is 48.5 Å². The van der Waals surface area contributed by atoms with Crippen LogP contribution in [0.25, 0.3) is 5.69 Å². The van der Waals surface area contributed by atoms with E-state index in [1.54, 1.807) is 0 Å². The average Bonchev–Trinajstić information content (AvgIpc) is 3.24. The molecule has 1 saturated heterocycles. The Labute approximate surface area is 166 Å². The second-order valence-corrected chi connectivity index (χ2v) is 7.46. The van der Waals surface area contributed by atoms with Crippen LogP contribution in [0.2, 0.25) is 0 Å². The van der Waals surface area contributed by atoms with Gasteiger partial charge in [0.25, 0.3) is 0 Å². The quantitative estimate of drug-likeness (QED) is 0.709. The molecule has 3 aromatic rings. The van der Waals surface area contributed by atoms with Gasteiger partial charge >= 0.3 is 6.03 Å². The van der Waals surface area contributed by atoms with Gasteiger partial charge in [0.1, 0.15) is 0 Å². The molecule has 2 heterocycles. The minimum absolute atomic E-state index is 0.0512. The fourth-order valence-electron chi connectivity index (χ4n) is 4.20. The predicted octanol–water partition coefficient (Wildman–Crippen LogP) is 4.90. The maximum Gasteiger partial charge on any atom is 0.322 e. The number of carbonyl (C=O) groups is 1. The van der Waals surface area contributed by atoms with Crippen LogP contribution >= 0.6 is 0 Å². The molecular formula is C23H26N4O. The number of amides is 2. The van der Waals surface area contributed by atoms with Crippen LogP contribution in [-0.4, -0.2) is 33.3 Å². The number of anilines is 1. The fourth-order valence-corrected chi connectivity index (χ4v) is 4.20. The van der Waals surface area contributed by atoms with Crippen molar-refractivity contribution in [2.24, 2.45) is 0 Å². The summed E-state index contributed by atoms with van der Waals surface area (Å²) in [5.41, 5.74) is 4.84. The summed E-state index contributed by atoms with van der Waals surface area (Å²) < 4.78 is 1.88. The normalized spacial score (nSPS) is 19.0. The molecule has 2 unspecified atom stereocenters. The van der Waals surface area contributed by atoms with Crippen LogP contribution in [0.3, 0.4) is 0 Å². The zero-order chi connectivity index (χ0) is 19.7. The number of hydrogen-bond acceptors (Lipinski definition) is 2. The van der Waals surface area contributed by atoms with E-state index in [2.05, 4.69) is 41.6 Å². The third-order valence-corrected chi connectivity index (χ3v) is 5.77. The van der Waals surface area contributed by atoms with Gasteiger partial charge in [-0.25, -0.2) is 9.48 Å². The first-order chi connectivity index (χ1) is 13.6. The molecule has 5 heteroatoms. The summed E-state index contributed by atoms with van der Waals surface area (Å²) in [4.78, 5) is 15.0. The minimum atomic E-state index is -0.0512. The lowest BCUT2D eigenvalue weighted by Crippen LogP contribution is -2.38. The van der Waals surface area contributed by atoms with Gasteiger partial charge in [-0.3, -0.25) is 0 Å². The van der Waals surface area contributed by atoms with Gasteiger partial charge in [0.05, 0.1) is 22.8 Å². The molecule has 4 rings (SSSR count). The number of aryl methyl sites for hydroxylation is 1. The number of hydrogen-bond donors (Lipinski definition) is 1. The Hall–Kier alpha value is -3.08. The van der Waals surface area contributed by atoms with Crippen LogP contribution in [0.1, 0.15) is 36.2 Å². The molecule has 1 fully saturated rings. The highest BCUT2D eigenvalue weighted by Gasteiger charge is 2.35. The first-order valence-corrected chi connectivity index (χ1v) is 9.80. The average molecular weight is 374 g/mol. The standard InChI is InChI=1S/C23H26N4O/c1-16-22(18(3)27(25-16)20-12-8-5-9-13-20)24-23(28)26-15-14-21(17(26)2)19-10-6-4-7-11-19/h4-13,17,21H,14-15H2,1-3H3,(H,24,28). The highest BCUT2D eigenvalue weighted by molar-refractivity contribution is 5.91. The summed E-state index contributed by atoms with van der Waals surface area (Å²) in [5, 5.41) is 7.74. The number of nitrogens with one attached hydrogen (secondary N) is 1. The van der Waals surface area contributed by atoms with E-state index in [0.717, 1.165) is 35.7 Å². The van der Waals surface area contributed by atoms with Gasteiger partial charge in [0.15, 0.2) is 0 Å². The number of likely N-dealkylation sites (tertiary alicyclic amines) is 1. The number of nitrogens with zero attached hydrogens (tertiary/aromatic N) is 3. The molecule has 0 spiro atoms. The van der Waals surface area contributed by atoms with Gasteiger partial charge < -0.3 is 10.2 Å². The van der Waals surface area contributed by atoms with Crippen LogP contribution in [-0.2, 0) is 0 Å². The first-order valence-electron chi connectivity index (χ1n) is 9.80. The van der Waals surface area contributed by atoms with Crippen molar-refractivity contribution < 1.29 is 4.79 Å². The van der Waals surface area contributed by atoms with Crippen molar-refractivity contribution in [1.29, 1.82) is 0 Å². The number of carbonyl (C=O) groups excluding carboxylic acids is 1. The van der Waals surface area contributed by atoms with Crippen LogP contribution in [0.15, 0.2) is 60.7 Å². The number of rotatable bonds is 3. The Morgan fingerprint density at radius 2 is 1.68 bits per heavy atom. The molecule has 1 aromatic heterocycles. The lowest BCUT2D eigenvalue weighted by Gasteiger charge is -2.25. The summed E-state index contributed by atoms with van der Waals surface area (Å²) in [6, 6.07) is 20.6. The van der Waals surface area contributed by atoms with Gasteiger partial charge in [0.2, 0.25) is 0 Å². The Kier molecular flexibility index (Phi) is 4.90. The molecule has 1 N–H and O–H groups in total. The fraction of sp³-hybridized carbons (Fsp3) is 0.304. The third kappa shape index (κ3) is 3.28. The molecule has 0 radical (unpaired) electrons. The van der Waals surface area contributed by atoms with Gasteiger partial charge in [-0.2, -0.15) is 5.10 Å². The van der Waals surface area contributed by atoms with Crippen molar-refractivity contribution in [3.8, 4) is 5.69 Å². The number of urea groups is 1. The zero-order valence-corrected chi connectivity index (χ0v) is 16.6. The van der Waals surface area contributed by atoms with E-state index in [4.69, 9.17) is 0 Å².